The summed E-state index contributed by atoms with van der Waals surface area (Å²) >= 11 is 1.57. The average Bonchev–Trinajstić information content (AvgIpc) is 3.05. The molecule has 0 aromatic carbocycles. The molecule has 3 aliphatic rings. The second-order valence-corrected chi connectivity index (χ2v) is 8.20. The highest BCUT2D eigenvalue weighted by Crippen LogP contribution is 2.34. The summed E-state index contributed by atoms with van der Waals surface area (Å²) in [6.07, 6.45) is 7.11. The number of aromatic nitrogens is 1. The molecule has 1 amide bonds. The molecule has 3 aliphatic heterocycles. The molecule has 2 atom stereocenters. The number of aryl methyl sites for hydroxylation is 1. The lowest BCUT2D eigenvalue weighted by molar-refractivity contribution is 0.0137. The number of thiophene rings is 1. The maximum absolute atomic E-state index is 12.7. The van der Waals surface area contributed by atoms with Gasteiger partial charge in [-0.2, -0.15) is 0 Å². The standard InChI is InChI=1S/C19H23N3OS/c1-13-4-5-17(24-13)19(23)21-18-15-6-9-22(10-7-15)16(18)11-14-3-2-8-20-12-14/h2-5,8,12,15-16,18H,6-7,9-11H2,1H3,(H,21,23)/t16-,18+/m1/s1. The first-order valence-corrected chi connectivity index (χ1v) is 9.52. The van der Waals surface area contributed by atoms with E-state index in [1.807, 2.05) is 37.5 Å². The number of hydrogen-bond donors (Lipinski definition) is 1. The summed E-state index contributed by atoms with van der Waals surface area (Å²) in [6, 6.07) is 8.70. The van der Waals surface area contributed by atoms with Crippen LogP contribution in [-0.4, -0.2) is 41.0 Å². The van der Waals surface area contributed by atoms with Crippen LogP contribution in [0, 0.1) is 12.8 Å². The average molecular weight is 341 g/mol. The molecule has 2 aromatic heterocycles. The highest BCUT2D eigenvalue weighted by molar-refractivity contribution is 7.13. The smallest absolute Gasteiger partial charge is 0.261 e. The molecule has 126 valence electrons. The lowest BCUT2D eigenvalue weighted by atomic mass is 9.77. The van der Waals surface area contributed by atoms with E-state index in [0.717, 1.165) is 24.4 Å². The molecule has 2 bridgehead atoms. The van der Waals surface area contributed by atoms with E-state index in [9.17, 15) is 4.79 Å². The molecule has 5 rings (SSSR count). The number of nitrogens with zero attached hydrogens (tertiary/aromatic N) is 2. The largest absolute Gasteiger partial charge is 0.347 e. The van der Waals surface area contributed by atoms with Gasteiger partial charge in [-0.1, -0.05) is 6.07 Å². The fourth-order valence-corrected chi connectivity index (χ4v) is 4.93. The van der Waals surface area contributed by atoms with Gasteiger partial charge in [-0.3, -0.25) is 14.7 Å². The zero-order chi connectivity index (χ0) is 16.5. The molecule has 0 saturated carbocycles. The summed E-state index contributed by atoms with van der Waals surface area (Å²) in [6.45, 7) is 4.35. The predicted molar refractivity (Wildman–Crippen MR) is 96.3 cm³/mol. The van der Waals surface area contributed by atoms with Crippen LogP contribution in [0.4, 0.5) is 0 Å². The summed E-state index contributed by atoms with van der Waals surface area (Å²) < 4.78 is 0. The van der Waals surface area contributed by atoms with Crippen LogP contribution in [0.15, 0.2) is 36.7 Å². The topological polar surface area (TPSA) is 45.2 Å². The van der Waals surface area contributed by atoms with Crippen LogP contribution < -0.4 is 5.32 Å². The van der Waals surface area contributed by atoms with Crippen molar-refractivity contribution in [1.29, 1.82) is 0 Å². The van der Waals surface area contributed by atoms with Crippen molar-refractivity contribution in [2.75, 3.05) is 13.1 Å². The lowest BCUT2D eigenvalue weighted by Crippen LogP contribution is -2.64. The second-order valence-electron chi connectivity index (χ2n) is 6.92. The van der Waals surface area contributed by atoms with Gasteiger partial charge in [0.1, 0.15) is 0 Å². The van der Waals surface area contributed by atoms with Gasteiger partial charge in [0, 0.05) is 29.4 Å². The lowest BCUT2D eigenvalue weighted by Gasteiger charge is -2.51. The molecule has 0 aliphatic carbocycles. The van der Waals surface area contributed by atoms with Gasteiger partial charge < -0.3 is 5.32 Å². The molecular formula is C19H23N3OS. The van der Waals surface area contributed by atoms with Crippen molar-refractivity contribution in [3.05, 3.63) is 52.0 Å². The van der Waals surface area contributed by atoms with Crippen molar-refractivity contribution in [1.82, 2.24) is 15.2 Å². The maximum Gasteiger partial charge on any atom is 0.261 e. The molecule has 0 radical (unpaired) electrons. The summed E-state index contributed by atoms with van der Waals surface area (Å²) in [5.74, 6) is 0.685. The molecular weight excluding hydrogens is 318 g/mol. The molecule has 24 heavy (non-hydrogen) atoms. The number of carbonyl (C=O) groups is 1. The van der Waals surface area contributed by atoms with E-state index in [1.165, 1.54) is 23.3 Å². The Balaban J connectivity index is 1.53. The van der Waals surface area contributed by atoms with Gasteiger partial charge in [0.25, 0.3) is 5.91 Å². The molecule has 2 aromatic rings. The molecule has 5 heterocycles. The van der Waals surface area contributed by atoms with Gasteiger partial charge in [-0.05, 0) is 69.0 Å². The Morgan fingerprint density at radius 2 is 2.17 bits per heavy atom. The number of rotatable bonds is 4. The van der Waals surface area contributed by atoms with Gasteiger partial charge in [0.2, 0.25) is 0 Å². The number of fused-ring (bicyclic) bond motifs is 3. The minimum atomic E-state index is 0.0861. The van der Waals surface area contributed by atoms with E-state index >= 15 is 0 Å². The van der Waals surface area contributed by atoms with Gasteiger partial charge in [0.15, 0.2) is 0 Å². The van der Waals surface area contributed by atoms with Crippen molar-refractivity contribution in [3.63, 3.8) is 0 Å². The van der Waals surface area contributed by atoms with Crippen molar-refractivity contribution in [2.24, 2.45) is 5.92 Å². The molecule has 5 heteroatoms. The number of amides is 1. The van der Waals surface area contributed by atoms with E-state index in [4.69, 9.17) is 0 Å². The molecule has 1 N–H and O–H groups in total. The first-order chi connectivity index (χ1) is 11.7. The first kappa shape index (κ1) is 15.8. The number of nitrogens with one attached hydrogen (secondary N) is 1. The third-order valence-electron chi connectivity index (χ3n) is 5.40. The summed E-state index contributed by atoms with van der Waals surface area (Å²) in [5.41, 5.74) is 1.25. The molecule has 0 spiro atoms. The first-order valence-electron chi connectivity index (χ1n) is 8.71. The fraction of sp³-hybridized carbons (Fsp3) is 0.474. The molecule has 3 fully saturated rings. The minimum Gasteiger partial charge on any atom is -0.347 e. The van der Waals surface area contributed by atoms with E-state index in [-0.39, 0.29) is 11.9 Å². The van der Waals surface area contributed by atoms with E-state index in [1.54, 1.807) is 11.3 Å². The Bertz CT molecular complexity index is 706. The number of piperidine rings is 3. The highest BCUT2D eigenvalue weighted by Gasteiger charge is 2.42. The van der Waals surface area contributed by atoms with Crippen molar-refractivity contribution in [2.45, 2.75) is 38.3 Å². The van der Waals surface area contributed by atoms with Crippen LogP contribution in [0.3, 0.4) is 0 Å². The van der Waals surface area contributed by atoms with Crippen LogP contribution in [0.5, 0.6) is 0 Å². The van der Waals surface area contributed by atoms with Gasteiger partial charge in [-0.15, -0.1) is 11.3 Å². The Morgan fingerprint density at radius 1 is 1.33 bits per heavy atom. The van der Waals surface area contributed by atoms with Crippen molar-refractivity contribution in [3.8, 4) is 0 Å². The number of hydrogen-bond acceptors (Lipinski definition) is 4. The zero-order valence-electron chi connectivity index (χ0n) is 13.9. The summed E-state index contributed by atoms with van der Waals surface area (Å²) in [7, 11) is 0. The quantitative estimate of drug-likeness (QED) is 0.930. The minimum absolute atomic E-state index is 0.0861. The monoisotopic (exact) mass is 341 g/mol. The van der Waals surface area contributed by atoms with Gasteiger partial charge in [0.05, 0.1) is 4.88 Å². The molecule has 4 nitrogen and oxygen atoms in total. The van der Waals surface area contributed by atoms with E-state index in [2.05, 4.69) is 21.3 Å². The summed E-state index contributed by atoms with van der Waals surface area (Å²) in [4.78, 5) is 21.5. The van der Waals surface area contributed by atoms with Crippen LogP contribution in [-0.2, 0) is 6.42 Å². The molecule has 3 saturated heterocycles. The highest BCUT2D eigenvalue weighted by atomic mass is 32.1. The predicted octanol–water partition coefficient (Wildman–Crippen LogP) is 2.89. The van der Waals surface area contributed by atoms with E-state index in [0.29, 0.717) is 12.0 Å². The van der Waals surface area contributed by atoms with Gasteiger partial charge >= 0.3 is 0 Å². The summed E-state index contributed by atoms with van der Waals surface area (Å²) in [5, 5.41) is 3.36. The van der Waals surface area contributed by atoms with E-state index < -0.39 is 0 Å². The third-order valence-corrected chi connectivity index (χ3v) is 6.39. The SMILES string of the molecule is Cc1ccc(C(=O)N[C@H]2C3CCN(CC3)[C@@H]2Cc2cccnc2)s1. The zero-order valence-corrected chi connectivity index (χ0v) is 14.8. The van der Waals surface area contributed by atoms with Crippen LogP contribution in [0.1, 0.15) is 33.0 Å². The van der Waals surface area contributed by atoms with Crippen LogP contribution in [0.2, 0.25) is 0 Å². The van der Waals surface area contributed by atoms with Gasteiger partial charge in [-0.25, -0.2) is 0 Å². The third kappa shape index (κ3) is 3.10. The van der Waals surface area contributed by atoms with Crippen LogP contribution in [0.25, 0.3) is 0 Å². The Morgan fingerprint density at radius 3 is 2.83 bits per heavy atom. The number of pyridine rings is 1. The fourth-order valence-electron chi connectivity index (χ4n) is 4.16. The van der Waals surface area contributed by atoms with Crippen molar-refractivity contribution < 1.29 is 4.79 Å². The van der Waals surface area contributed by atoms with Crippen LogP contribution >= 0.6 is 11.3 Å². The Labute approximate surface area is 146 Å². The molecule has 0 unspecified atom stereocenters. The number of carbonyl (C=O) groups excluding carboxylic acids is 1. The Kier molecular flexibility index (Phi) is 4.37. The normalized spacial score (nSPS) is 28.7. The second kappa shape index (κ2) is 6.65. The Hall–Kier alpha value is -1.72. The van der Waals surface area contributed by atoms with Crippen molar-refractivity contribution >= 4 is 17.2 Å². The maximum atomic E-state index is 12.7.